The number of aliphatic imine (C=N–C) groups is 1. The summed E-state index contributed by atoms with van der Waals surface area (Å²) in [7, 11) is 3.33. The van der Waals surface area contributed by atoms with Crippen molar-refractivity contribution in [1.82, 2.24) is 10.6 Å². The van der Waals surface area contributed by atoms with Crippen LogP contribution in [0.15, 0.2) is 23.2 Å². The number of benzene rings is 1. The molecule has 0 amide bonds. The summed E-state index contributed by atoms with van der Waals surface area (Å²) in [6.07, 6.45) is -0.00780. The number of alkyl halides is 3. The molecule has 2 aliphatic rings. The van der Waals surface area contributed by atoms with Crippen molar-refractivity contribution in [1.29, 1.82) is 0 Å². The van der Waals surface area contributed by atoms with Crippen molar-refractivity contribution in [3.8, 4) is 0 Å². The molecule has 1 saturated heterocycles. The van der Waals surface area contributed by atoms with Gasteiger partial charge in [0.25, 0.3) is 0 Å². The molecule has 0 atom stereocenters. The van der Waals surface area contributed by atoms with Crippen LogP contribution in [0.2, 0.25) is 0 Å². The second kappa shape index (κ2) is 12.3. The first-order valence-corrected chi connectivity index (χ1v) is 10.8. The Morgan fingerprint density at radius 2 is 1.94 bits per heavy atom. The fraction of sp³-hybridized carbons (Fsp3) is 0.682. The molecule has 1 aliphatic carbocycles. The molecule has 3 rings (SSSR count). The highest BCUT2D eigenvalue weighted by Gasteiger charge is 2.37. The summed E-state index contributed by atoms with van der Waals surface area (Å²) < 4.78 is 51.8. The minimum Gasteiger partial charge on any atom is -0.385 e. The molecular formula is C22H34F3IN4O2. The van der Waals surface area contributed by atoms with Gasteiger partial charge in [-0.3, -0.25) is 4.99 Å². The summed E-state index contributed by atoms with van der Waals surface area (Å²) in [5, 5.41) is 6.34. The predicted molar refractivity (Wildman–Crippen MR) is 131 cm³/mol. The monoisotopic (exact) mass is 570 g/mol. The third kappa shape index (κ3) is 7.11. The van der Waals surface area contributed by atoms with Crippen LogP contribution < -0.4 is 15.5 Å². The van der Waals surface area contributed by atoms with Crippen molar-refractivity contribution < 1.29 is 22.6 Å². The minimum atomic E-state index is -4.42. The number of ether oxygens (including phenoxy) is 2. The Labute approximate surface area is 205 Å². The zero-order valence-corrected chi connectivity index (χ0v) is 21.1. The first-order valence-electron chi connectivity index (χ1n) is 10.8. The third-order valence-electron chi connectivity index (χ3n) is 6.33. The van der Waals surface area contributed by atoms with E-state index in [2.05, 4.69) is 15.6 Å². The Morgan fingerprint density at radius 1 is 1.22 bits per heavy atom. The van der Waals surface area contributed by atoms with Gasteiger partial charge in [0, 0.05) is 52.6 Å². The first-order chi connectivity index (χ1) is 14.9. The van der Waals surface area contributed by atoms with E-state index in [-0.39, 0.29) is 41.5 Å². The van der Waals surface area contributed by atoms with Crippen LogP contribution >= 0.6 is 24.0 Å². The van der Waals surface area contributed by atoms with E-state index in [9.17, 15) is 13.2 Å². The van der Waals surface area contributed by atoms with Crippen LogP contribution in [0.1, 0.15) is 36.8 Å². The van der Waals surface area contributed by atoms with Gasteiger partial charge in [-0.25, -0.2) is 0 Å². The van der Waals surface area contributed by atoms with Gasteiger partial charge in [-0.05, 0) is 42.4 Å². The molecule has 0 unspecified atom stereocenters. The molecule has 0 radical (unpaired) electrons. The molecule has 1 heterocycles. The summed E-state index contributed by atoms with van der Waals surface area (Å²) in [5.41, 5.74) is 0.344. The lowest BCUT2D eigenvalue weighted by Crippen LogP contribution is -2.46. The highest BCUT2D eigenvalue weighted by molar-refractivity contribution is 14.0. The maximum Gasteiger partial charge on any atom is 0.416 e. The topological polar surface area (TPSA) is 58.1 Å². The van der Waals surface area contributed by atoms with E-state index < -0.39 is 11.7 Å². The van der Waals surface area contributed by atoms with Crippen molar-refractivity contribution >= 4 is 35.6 Å². The van der Waals surface area contributed by atoms with Gasteiger partial charge < -0.3 is 25.0 Å². The van der Waals surface area contributed by atoms with E-state index in [1.54, 1.807) is 26.3 Å². The molecular weight excluding hydrogens is 536 g/mol. The van der Waals surface area contributed by atoms with E-state index in [1.807, 2.05) is 4.90 Å². The lowest BCUT2D eigenvalue weighted by molar-refractivity contribution is -0.138. The number of hydrogen-bond acceptors (Lipinski definition) is 4. The summed E-state index contributed by atoms with van der Waals surface area (Å²) >= 11 is 0. The van der Waals surface area contributed by atoms with Crippen LogP contribution in [0, 0.1) is 5.41 Å². The lowest BCUT2D eigenvalue weighted by atomic mass is 9.67. The Balaban J connectivity index is 0.00000363. The number of methoxy groups -OCH3 is 1. The Hall–Kier alpha value is -1.27. The molecule has 1 aromatic rings. The molecule has 1 saturated carbocycles. The zero-order valence-electron chi connectivity index (χ0n) is 18.8. The van der Waals surface area contributed by atoms with Gasteiger partial charge in [0.05, 0.1) is 18.8 Å². The SMILES string of the molecule is CN=C(NCc1ccc(N2CCOCC2)cc1C(F)(F)F)NCC1(CCOC)CCC1.I. The normalized spacial score (nSPS) is 18.5. The van der Waals surface area contributed by atoms with Crippen molar-refractivity contribution in [3.05, 3.63) is 29.3 Å². The van der Waals surface area contributed by atoms with Gasteiger partial charge in [0.15, 0.2) is 5.96 Å². The van der Waals surface area contributed by atoms with E-state index >= 15 is 0 Å². The van der Waals surface area contributed by atoms with Gasteiger partial charge >= 0.3 is 6.18 Å². The number of rotatable bonds is 8. The molecule has 1 aliphatic heterocycles. The van der Waals surface area contributed by atoms with Crippen molar-refractivity contribution in [3.63, 3.8) is 0 Å². The molecule has 2 N–H and O–H groups in total. The van der Waals surface area contributed by atoms with Crippen molar-refractivity contribution in [2.24, 2.45) is 10.4 Å². The van der Waals surface area contributed by atoms with Crippen LogP contribution in [0.5, 0.6) is 0 Å². The van der Waals surface area contributed by atoms with Crippen LogP contribution in [0.25, 0.3) is 0 Å². The molecule has 1 aromatic carbocycles. The van der Waals surface area contributed by atoms with Gasteiger partial charge in [-0.2, -0.15) is 13.2 Å². The Morgan fingerprint density at radius 3 is 2.50 bits per heavy atom. The molecule has 182 valence electrons. The fourth-order valence-corrected chi connectivity index (χ4v) is 4.18. The zero-order chi connectivity index (χ0) is 22.3. The standard InChI is InChI=1S/C22H33F3N4O2.HI/c1-26-20(28-16-21(6-3-7-21)8-11-30-2)27-15-17-4-5-18(14-19(17)22(23,24)25)29-9-12-31-13-10-29;/h4-5,14H,3,6-13,15-16H2,1-2H3,(H2,26,27,28);1H. The summed E-state index contributed by atoms with van der Waals surface area (Å²) in [6, 6.07) is 4.55. The maximum atomic E-state index is 13.7. The molecule has 0 aromatic heterocycles. The number of hydrogen-bond donors (Lipinski definition) is 2. The number of anilines is 1. The molecule has 2 fully saturated rings. The minimum absolute atomic E-state index is 0. The maximum absolute atomic E-state index is 13.7. The average molecular weight is 570 g/mol. The van der Waals surface area contributed by atoms with Crippen LogP contribution in [-0.4, -0.2) is 59.6 Å². The fourth-order valence-electron chi connectivity index (χ4n) is 4.18. The Bertz CT molecular complexity index is 751. The Kier molecular flexibility index (Phi) is 10.3. The molecule has 32 heavy (non-hydrogen) atoms. The number of morpholine rings is 1. The average Bonchev–Trinajstić information content (AvgIpc) is 2.74. The second-order valence-electron chi connectivity index (χ2n) is 8.31. The summed E-state index contributed by atoms with van der Waals surface area (Å²) in [4.78, 5) is 6.11. The van der Waals surface area contributed by atoms with Crippen LogP contribution in [0.3, 0.4) is 0 Å². The van der Waals surface area contributed by atoms with E-state index in [0.717, 1.165) is 25.8 Å². The molecule has 10 heteroatoms. The van der Waals surface area contributed by atoms with E-state index in [0.29, 0.717) is 44.6 Å². The van der Waals surface area contributed by atoms with Gasteiger partial charge in [0.1, 0.15) is 0 Å². The van der Waals surface area contributed by atoms with E-state index in [1.165, 1.54) is 12.5 Å². The molecule has 0 bridgehead atoms. The number of nitrogens with one attached hydrogen (secondary N) is 2. The van der Waals surface area contributed by atoms with Gasteiger partial charge in [-0.1, -0.05) is 12.5 Å². The van der Waals surface area contributed by atoms with Crippen LogP contribution in [0.4, 0.5) is 18.9 Å². The summed E-state index contributed by atoms with van der Waals surface area (Å²) in [6.45, 7) is 3.73. The largest absolute Gasteiger partial charge is 0.416 e. The lowest BCUT2D eigenvalue weighted by Gasteiger charge is -2.42. The molecule has 0 spiro atoms. The van der Waals surface area contributed by atoms with Crippen molar-refractivity contribution in [2.45, 2.75) is 38.4 Å². The quantitative estimate of drug-likeness (QED) is 0.281. The van der Waals surface area contributed by atoms with E-state index in [4.69, 9.17) is 9.47 Å². The molecule has 6 nitrogen and oxygen atoms in total. The van der Waals surface area contributed by atoms with Gasteiger partial charge in [-0.15, -0.1) is 24.0 Å². The smallest absolute Gasteiger partial charge is 0.385 e. The highest BCUT2D eigenvalue weighted by atomic mass is 127. The number of guanidine groups is 1. The highest BCUT2D eigenvalue weighted by Crippen LogP contribution is 2.43. The number of nitrogens with zero attached hydrogens (tertiary/aromatic N) is 2. The second-order valence-corrected chi connectivity index (χ2v) is 8.31. The third-order valence-corrected chi connectivity index (χ3v) is 6.33. The predicted octanol–water partition coefficient (Wildman–Crippen LogP) is 4.03. The van der Waals surface area contributed by atoms with Crippen molar-refractivity contribution in [2.75, 3.05) is 58.5 Å². The van der Waals surface area contributed by atoms with Gasteiger partial charge in [0.2, 0.25) is 0 Å². The van der Waals surface area contributed by atoms with Crippen LogP contribution in [-0.2, 0) is 22.2 Å². The summed E-state index contributed by atoms with van der Waals surface area (Å²) in [5.74, 6) is 0.508. The number of halogens is 4. The first kappa shape index (κ1) is 27.0.